The topological polar surface area (TPSA) is 81.4 Å². The third kappa shape index (κ3) is 4.44. The van der Waals surface area contributed by atoms with Gasteiger partial charge in [-0.2, -0.15) is 0 Å². The third-order valence-corrected chi connectivity index (χ3v) is 4.71. The normalized spacial score (nSPS) is 12.0. The molecule has 0 aliphatic carbocycles. The number of nitrogens with zero attached hydrogens (tertiary/aromatic N) is 1. The van der Waals surface area contributed by atoms with Gasteiger partial charge in [0.05, 0.1) is 0 Å². The molecule has 0 aliphatic heterocycles. The Morgan fingerprint density at radius 3 is 2.71 bits per heavy atom. The van der Waals surface area contributed by atoms with Gasteiger partial charge in [-0.15, -0.1) is 11.3 Å². The number of rotatable bonds is 7. The molecule has 0 spiro atoms. The predicted octanol–water partition coefficient (Wildman–Crippen LogP) is 3.74. The standard InChI is InChI=1S/C17H22N2O4S/c1-5-7-13-12(6-2)9-14(24-13)17(21)22-11(4)16(20)18-15-8-10(3)23-19-15/h8-9,11H,5-7H2,1-4H3,(H,18,19,20). The lowest BCUT2D eigenvalue weighted by atomic mass is 10.1. The van der Waals surface area contributed by atoms with Gasteiger partial charge in [-0.25, -0.2) is 4.79 Å². The van der Waals surface area contributed by atoms with Crippen molar-refractivity contribution in [2.75, 3.05) is 5.32 Å². The minimum Gasteiger partial charge on any atom is -0.448 e. The van der Waals surface area contributed by atoms with Crippen LogP contribution in [-0.2, 0) is 22.4 Å². The Balaban J connectivity index is 1.99. The monoisotopic (exact) mass is 350 g/mol. The Morgan fingerprint density at radius 2 is 2.12 bits per heavy atom. The van der Waals surface area contributed by atoms with E-state index >= 15 is 0 Å². The van der Waals surface area contributed by atoms with E-state index in [0.717, 1.165) is 19.3 Å². The largest absolute Gasteiger partial charge is 0.448 e. The molecular weight excluding hydrogens is 328 g/mol. The Morgan fingerprint density at radius 1 is 1.38 bits per heavy atom. The molecule has 1 amide bonds. The van der Waals surface area contributed by atoms with Crippen molar-refractivity contribution in [3.8, 4) is 0 Å². The minimum atomic E-state index is -0.920. The molecule has 1 atom stereocenters. The number of hydrogen-bond donors (Lipinski definition) is 1. The molecule has 1 unspecified atom stereocenters. The number of carbonyl (C=O) groups excluding carboxylic acids is 2. The van der Waals surface area contributed by atoms with Crippen LogP contribution >= 0.6 is 11.3 Å². The van der Waals surface area contributed by atoms with Crippen LogP contribution in [0.15, 0.2) is 16.7 Å². The van der Waals surface area contributed by atoms with Crippen LogP contribution in [0.5, 0.6) is 0 Å². The lowest BCUT2D eigenvalue weighted by Gasteiger charge is -2.11. The van der Waals surface area contributed by atoms with Gasteiger partial charge in [-0.05, 0) is 38.3 Å². The van der Waals surface area contributed by atoms with Crippen LogP contribution < -0.4 is 5.32 Å². The van der Waals surface area contributed by atoms with Crippen molar-refractivity contribution in [3.63, 3.8) is 0 Å². The maximum Gasteiger partial charge on any atom is 0.349 e. The summed E-state index contributed by atoms with van der Waals surface area (Å²) in [5.41, 5.74) is 1.17. The molecule has 6 nitrogen and oxygen atoms in total. The van der Waals surface area contributed by atoms with Crippen molar-refractivity contribution in [1.82, 2.24) is 5.16 Å². The molecule has 0 aromatic carbocycles. The molecule has 2 aromatic rings. The summed E-state index contributed by atoms with van der Waals surface area (Å²) in [6, 6.07) is 3.46. The van der Waals surface area contributed by atoms with Crippen molar-refractivity contribution in [3.05, 3.63) is 33.2 Å². The van der Waals surface area contributed by atoms with Crippen molar-refractivity contribution in [1.29, 1.82) is 0 Å². The number of aromatic nitrogens is 1. The zero-order valence-corrected chi connectivity index (χ0v) is 15.2. The number of aryl methyl sites for hydroxylation is 3. The van der Waals surface area contributed by atoms with Crippen LogP contribution in [0.4, 0.5) is 5.82 Å². The quantitative estimate of drug-likeness (QED) is 0.769. The number of esters is 1. The molecule has 0 saturated carbocycles. The summed E-state index contributed by atoms with van der Waals surface area (Å²) in [5.74, 6) is -0.0344. The third-order valence-electron chi connectivity index (χ3n) is 3.49. The number of anilines is 1. The van der Waals surface area contributed by atoms with E-state index < -0.39 is 18.0 Å². The van der Waals surface area contributed by atoms with Crippen LogP contribution in [0.25, 0.3) is 0 Å². The highest BCUT2D eigenvalue weighted by Crippen LogP contribution is 2.25. The number of amides is 1. The van der Waals surface area contributed by atoms with Crippen molar-refractivity contribution in [2.45, 2.75) is 53.1 Å². The first-order valence-corrected chi connectivity index (χ1v) is 8.83. The summed E-state index contributed by atoms with van der Waals surface area (Å²) in [6.07, 6.45) is 1.93. The summed E-state index contributed by atoms with van der Waals surface area (Å²) in [5, 5.41) is 6.23. The van der Waals surface area contributed by atoms with Gasteiger partial charge >= 0.3 is 5.97 Å². The second kappa shape index (κ2) is 8.10. The number of nitrogens with one attached hydrogen (secondary N) is 1. The lowest BCUT2D eigenvalue weighted by Crippen LogP contribution is -2.29. The summed E-state index contributed by atoms with van der Waals surface area (Å²) < 4.78 is 10.1. The average molecular weight is 350 g/mol. The van der Waals surface area contributed by atoms with Gasteiger partial charge in [0.25, 0.3) is 5.91 Å². The number of thiophene rings is 1. The van der Waals surface area contributed by atoms with E-state index in [4.69, 9.17) is 9.26 Å². The highest BCUT2D eigenvalue weighted by atomic mass is 32.1. The number of carbonyl (C=O) groups is 2. The number of ether oxygens (including phenoxy) is 1. The fourth-order valence-corrected chi connectivity index (χ4v) is 3.47. The summed E-state index contributed by atoms with van der Waals surface area (Å²) in [7, 11) is 0. The van der Waals surface area contributed by atoms with Crippen LogP contribution in [0, 0.1) is 6.92 Å². The summed E-state index contributed by atoms with van der Waals surface area (Å²) >= 11 is 1.44. The van der Waals surface area contributed by atoms with Crippen LogP contribution in [0.2, 0.25) is 0 Å². The summed E-state index contributed by atoms with van der Waals surface area (Å²) in [6.45, 7) is 7.42. The molecule has 24 heavy (non-hydrogen) atoms. The maximum atomic E-state index is 12.3. The molecule has 2 heterocycles. The molecule has 2 aromatic heterocycles. The van der Waals surface area contributed by atoms with E-state index in [1.807, 2.05) is 6.07 Å². The maximum absolute atomic E-state index is 12.3. The van der Waals surface area contributed by atoms with Gasteiger partial charge < -0.3 is 14.6 Å². The molecule has 7 heteroatoms. The van der Waals surface area contributed by atoms with E-state index in [-0.39, 0.29) is 0 Å². The Bertz CT molecular complexity index is 720. The molecule has 0 radical (unpaired) electrons. The Labute approximate surface area is 145 Å². The fraction of sp³-hybridized carbons (Fsp3) is 0.471. The first-order chi connectivity index (χ1) is 11.4. The van der Waals surface area contributed by atoms with Gasteiger partial charge in [0, 0.05) is 10.9 Å². The highest BCUT2D eigenvalue weighted by molar-refractivity contribution is 7.14. The van der Waals surface area contributed by atoms with E-state index in [1.54, 1.807) is 13.0 Å². The zero-order chi connectivity index (χ0) is 17.7. The van der Waals surface area contributed by atoms with Gasteiger partial charge in [0.1, 0.15) is 10.6 Å². The van der Waals surface area contributed by atoms with E-state index in [1.165, 1.54) is 28.7 Å². The molecule has 2 rings (SSSR count). The summed E-state index contributed by atoms with van der Waals surface area (Å²) in [4.78, 5) is 26.1. The minimum absolute atomic E-state index is 0.301. The van der Waals surface area contributed by atoms with Crippen molar-refractivity contribution in [2.24, 2.45) is 0 Å². The lowest BCUT2D eigenvalue weighted by molar-refractivity contribution is -0.123. The second-order valence-electron chi connectivity index (χ2n) is 5.52. The fourth-order valence-electron chi connectivity index (χ4n) is 2.23. The molecule has 0 fully saturated rings. The second-order valence-corrected chi connectivity index (χ2v) is 6.66. The first kappa shape index (κ1) is 18.2. The molecule has 1 N–H and O–H groups in total. The van der Waals surface area contributed by atoms with Gasteiger partial charge in [-0.3, -0.25) is 4.79 Å². The molecule has 0 aliphatic rings. The highest BCUT2D eigenvalue weighted by Gasteiger charge is 2.22. The molecule has 130 valence electrons. The van der Waals surface area contributed by atoms with Crippen molar-refractivity contribution >= 4 is 29.0 Å². The molecule has 0 saturated heterocycles. The van der Waals surface area contributed by atoms with Crippen LogP contribution in [0.3, 0.4) is 0 Å². The van der Waals surface area contributed by atoms with E-state index in [2.05, 4.69) is 24.3 Å². The first-order valence-electron chi connectivity index (χ1n) is 8.01. The smallest absolute Gasteiger partial charge is 0.349 e. The van der Waals surface area contributed by atoms with E-state index in [0.29, 0.717) is 16.5 Å². The van der Waals surface area contributed by atoms with Crippen LogP contribution in [-0.4, -0.2) is 23.1 Å². The Kier molecular flexibility index (Phi) is 6.14. The molecule has 0 bridgehead atoms. The Hall–Kier alpha value is -2.15. The van der Waals surface area contributed by atoms with Gasteiger partial charge in [0.15, 0.2) is 11.9 Å². The number of hydrogen-bond acceptors (Lipinski definition) is 6. The van der Waals surface area contributed by atoms with Crippen LogP contribution in [0.1, 0.15) is 53.1 Å². The van der Waals surface area contributed by atoms with Gasteiger partial charge in [-0.1, -0.05) is 25.4 Å². The van der Waals surface area contributed by atoms with Crippen molar-refractivity contribution < 1.29 is 18.8 Å². The molecular formula is C17H22N2O4S. The zero-order valence-electron chi connectivity index (χ0n) is 14.3. The average Bonchev–Trinajstić information content (AvgIpc) is 3.13. The van der Waals surface area contributed by atoms with E-state index in [9.17, 15) is 9.59 Å². The van der Waals surface area contributed by atoms with Gasteiger partial charge in [0.2, 0.25) is 0 Å². The SMILES string of the molecule is CCCc1sc(C(=O)OC(C)C(=O)Nc2cc(C)on2)cc1CC. The predicted molar refractivity (Wildman–Crippen MR) is 92.4 cm³/mol.